The molecule has 2 aromatic carbocycles. The zero-order valence-electron chi connectivity index (χ0n) is 17.9. The van der Waals surface area contributed by atoms with Crippen molar-refractivity contribution in [3.63, 3.8) is 0 Å². The highest BCUT2D eigenvalue weighted by atomic mass is 16.2. The zero-order chi connectivity index (χ0) is 20.8. The fourth-order valence-electron chi connectivity index (χ4n) is 4.05. The minimum atomic E-state index is -0.0560. The van der Waals surface area contributed by atoms with Crippen molar-refractivity contribution in [2.24, 2.45) is 0 Å². The van der Waals surface area contributed by atoms with Crippen LogP contribution in [-0.2, 0) is 11.2 Å². The fraction of sp³-hybridized carbons (Fsp3) is 0.440. The van der Waals surface area contributed by atoms with Gasteiger partial charge in [0.1, 0.15) is 6.54 Å². The Labute approximate surface area is 174 Å². The number of fused-ring (bicyclic) bond motifs is 1. The lowest BCUT2D eigenvalue weighted by Gasteiger charge is -2.36. The second-order valence-electron chi connectivity index (χ2n) is 8.01. The SMILES string of the molecule is CCCCCN(CC(=O)N1CCc2ccccc2C1C)C(=O)c1ccc(C)cc1. The number of unbranched alkanes of at least 4 members (excludes halogenated alkanes) is 2. The number of hydrogen-bond acceptors (Lipinski definition) is 2. The molecule has 1 aliphatic heterocycles. The molecular weight excluding hydrogens is 360 g/mol. The second-order valence-corrected chi connectivity index (χ2v) is 8.01. The predicted molar refractivity (Wildman–Crippen MR) is 117 cm³/mol. The van der Waals surface area contributed by atoms with Crippen LogP contribution in [0.15, 0.2) is 48.5 Å². The van der Waals surface area contributed by atoms with Gasteiger partial charge < -0.3 is 9.80 Å². The highest BCUT2D eigenvalue weighted by Crippen LogP contribution is 2.29. The highest BCUT2D eigenvalue weighted by molar-refractivity contribution is 5.96. The molecule has 1 unspecified atom stereocenters. The molecule has 0 N–H and O–H groups in total. The van der Waals surface area contributed by atoms with E-state index in [0.717, 1.165) is 31.2 Å². The summed E-state index contributed by atoms with van der Waals surface area (Å²) in [6.45, 7) is 7.70. The van der Waals surface area contributed by atoms with Crippen molar-refractivity contribution in [2.75, 3.05) is 19.6 Å². The summed E-state index contributed by atoms with van der Waals surface area (Å²) in [5, 5.41) is 0. The monoisotopic (exact) mass is 392 g/mol. The molecule has 0 saturated carbocycles. The van der Waals surface area contributed by atoms with E-state index in [9.17, 15) is 9.59 Å². The number of aryl methyl sites for hydroxylation is 1. The first-order chi connectivity index (χ1) is 14.0. The molecule has 154 valence electrons. The van der Waals surface area contributed by atoms with E-state index in [2.05, 4.69) is 32.0 Å². The Morgan fingerprint density at radius 2 is 1.79 bits per heavy atom. The lowest BCUT2D eigenvalue weighted by atomic mass is 9.93. The minimum Gasteiger partial charge on any atom is -0.334 e. The Balaban J connectivity index is 1.74. The van der Waals surface area contributed by atoms with Gasteiger partial charge in [-0.05, 0) is 49.9 Å². The number of nitrogens with zero attached hydrogens (tertiary/aromatic N) is 2. The smallest absolute Gasteiger partial charge is 0.254 e. The number of carbonyl (C=O) groups is 2. The molecule has 4 heteroatoms. The molecule has 0 radical (unpaired) electrons. The number of amides is 2. The van der Waals surface area contributed by atoms with Crippen molar-refractivity contribution in [2.45, 2.75) is 52.5 Å². The molecule has 1 aliphatic rings. The van der Waals surface area contributed by atoms with Gasteiger partial charge in [-0.2, -0.15) is 0 Å². The van der Waals surface area contributed by atoms with Crippen LogP contribution in [0.3, 0.4) is 0 Å². The van der Waals surface area contributed by atoms with E-state index in [-0.39, 0.29) is 24.4 Å². The van der Waals surface area contributed by atoms with Crippen molar-refractivity contribution < 1.29 is 9.59 Å². The highest BCUT2D eigenvalue weighted by Gasteiger charge is 2.29. The molecule has 3 rings (SSSR count). The molecule has 0 spiro atoms. The molecule has 2 amide bonds. The summed E-state index contributed by atoms with van der Waals surface area (Å²) in [5.74, 6) is -0.0246. The molecule has 1 atom stereocenters. The third kappa shape index (κ3) is 5.06. The average molecular weight is 393 g/mol. The van der Waals surface area contributed by atoms with Crippen molar-refractivity contribution in [1.82, 2.24) is 9.80 Å². The largest absolute Gasteiger partial charge is 0.334 e. The summed E-state index contributed by atoms with van der Waals surface area (Å²) >= 11 is 0. The van der Waals surface area contributed by atoms with Gasteiger partial charge in [0, 0.05) is 18.7 Å². The number of benzene rings is 2. The lowest BCUT2D eigenvalue weighted by Crippen LogP contribution is -2.46. The molecule has 0 fully saturated rings. The Kier molecular flexibility index (Phi) is 7.08. The van der Waals surface area contributed by atoms with E-state index >= 15 is 0 Å². The Hall–Kier alpha value is -2.62. The predicted octanol–water partition coefficient (Wildman–Crippen LogP) is 4.77. The summed E-state index contributed by atoms with van der Waals surface area (Å²) in [5.41, 5.74) is 4.31. The summed E-state index contributed by atoms with van der Waals surface area (Å²) in [7, 11) is 0. The standard InChI is InChI=1S/C25H32N2O2/c1-4-5-8-16-26(25(29)22-13-11-19(2)12-14-22)18-24(28)27-17-15-21-9-6-7-10-23(21)20(27)3/h6-7,9-14,20H,4-5,8,15-18H2,1-3H3. The summed E-state index contributed by atoms with van der Waals surface area (Å²) < 4.78 is 0. The normalized spacial score (nSPS) is 15.7. The number of carbonyl (C=O) groups excluding carboxylic acids is 2. The third-order valence-electron chi connectivity index (χ3n) is 5.86. The molecule has 2 aromatic rings. The van der Waals surface area contributed by atoms with Crippen LogP contribution in [0.5, 0.6) is 0 Å². The van der Waals surface area contributed by atoms with Gasteiger partial charge in [0.15, 0.2) is 0 Å². The maximum Gasteiger partial charge on any atom is 0.254 e. The van der Waals surface area contributed by atoms with Crippen LogP contribution in [0.1, 0.15) is 66.2 Å². The van der Waals surface area contributed by atoms with Gasteiger partial charge in [0.05, 0.1) is 6.04 Å². The first-order valence-corrected chi connectivity index (χ1v) is 10.7. The van der Waals surface area contributed by atoms with E-state index in [1.54, 1.807) is 4.90 Å². The van der Waals surface area contributed by atoms with E-state index < -0.39 is 0 Å². The molecule has 0 bridgehead atoms. The summed E-state index contributed by atoms with van der Waals surface area (Å²) in [6, 6.07) is 16.0. The van der Waals surface area contributed by atoms with Gasteiger partial charge in [-0.1, -0.05) is 61.7 Å². The summed E-state index contributed by atoms with van der Waals surface area (Å²) in [6.07, 6.45) is 3.92. The van der Waals surface area contributed by atoms with Crippen LogP contribution in [0.4, 0.5) is 0 Å². The van der Waals surface area contributed by atoms with Crippen molar-refractivity contribution in [1.29, 1.82) is 0 Å². The third-order valence-corrected chi connectivity index (χ3v) is 5.86. The molecule has 1 heterocycles. The summed E-state index contributed by atoms with van der Waals surface area (Å²) in [4.78, 5) is 29.9. The number of hydrogen-bond donors (Lipinski definition) is 0. The van der Waals surface area contributed by atoms with E-state index in [0.29, 0.717) is 18.7 Å². The van der Waals surface area contributed by atoms with E-state index in [1.165, 1.54) is 11.1 Å². The van der Waals surface area contributed by atoms with Gasteiger partial charge >= 0.3 is 0 Å². The number of rotatable bonds is 7. The van der Waals surface area contributed by atoms with Crippen molar-refractivity contribution in [3.8, 4) is 0 Å². The average Bonchev–Trinajstić information content (AvgIpc) is 2.73. The molecule has 0 aliphatic carbocycles. The topological polar surface area (TPSA) is 40.6 Å². The lowest BCUT2D eigenvalue weighted by molar-refractivity contribution is -0.134. The van der Waals surface area contributed by atoms with Gasteiger partial charge in [0.2, 0.25) is 5.91 Å². The van der Waals surface area contributed by atoms with Gasteiger partial charge in [-0.25, -0.2) is 0 Å². The zero-order valence-corrected chi connectivity index (χ0v) is 17.9. The first kappa shape index (κ1) is 21.1. The molecule has 29 heavy (non-hydrogen) atoms. The Morgan fingerprint density at radius 3 is 2.52 bits per heavy atom. The molecular formula is C25H32N2O2. The van der Waals surface area contributed by atoms with E-state index in [4.69, 9.17) is 0 Å². The molecule has 0 aromatic heterocycles. The quantitative estimate of drug-likeness (QED) is 0.637. The van der Waals surface area contributed by atoms with Crippen LogP contribution in [0.2, 0.25) is 0 Å². The van der Waals surface area contributed by atoms with Crippen molar-refractivity contribution >= 4 is 11.8 Å². The maximum absolute atomic E-state index is 13.2. The van der Waals surface area contributed by atoms with E-state index in [1.807, 2.05) is 42.2 Å². The van der Waals surface area contributed by atoms with Gasteiger partial charge in [-0.15, -0.1) is 0 Å². The molecule has 4 nitrogen and oxygen atoms in total. The minimum absolute atomic E-state index is 0.0314. The van der Waals surface area contributed by atoms with Crippen LogP contribution in [0, 0.1) is 6.92 Å². The van der Waals surface area contributed by atoms with Crippen LogP contribution < -0.4 is 0 Å². The van der Waals surface area contributed by atoms with Gasteiger partial charge in [-0.3, -0.25) is 9.59 Å². The second kappa shape index (κ2) is 9.73. The van der Waals surface area contributed by atoms with Crippen LogP contribution in [-0.4, -0.2) is 41.2 Å². The maximum atomic E-state index is 13.2. The van der Waals surface area contributed by atoms with Crippen LogP contribution in [0.25, 0.3) is 0 Å². The Bertz CT molecular complexity index is 844. The van der Waals surface area contributed by atoms with Gasteiger partial charge in [0.25, 0.3) is 5.91 Å². The first-order valence-electron chi connectivity index (χ1n) is 10.7. The van der Waals surface area contributed by atoms with Crippen LogP contribution >= 0.6 is 0 Å². The fourth-order valence-corrected chi connectivity index (χ4v) is 4.05. The van der Waals surface area contributed by atoms with Crippen molar-refractivity contribution in [3.05, 3.63) is 70.8 Å². The molecule has 0 saturated heterocycles. The Morgan fingerprint density at radius 1 is 1.07 bits per heavy atom.